The molecule has 11 heteroatoms. The molecule has 0 saturated carbocycles. The second-order valence-corrected chi connectivity index (χ2v) is 7.31. The Bertz CT molecular complexity index is 1030. The molecule has 2 aromatic carbocycles. The molecule has 0 radical (unpaired) electrons. The van der Waals surface area contributed by atoms with Crippen LogP contribution in [0.4, 0.5) is 11.4 Å². The monoisotopic (exact) mass is 463 g/mol. The van der Waals surface area contributed by atoms with Crippen molar-refractivity contribution >= 4 is 45.0 Å². The number of halogens is 1. The van der Waals surface area contributed by atoms with Gasteiger partial charge in [0.15, 0.2) is 5.82 Å². The van der Waals surface area contributed by atoms with E-state index in [0.29, 0.717) is 16.7 Å². The van der Waals surface area contributed by atoms with Crippen LogP contribution in [0.2, 0.25) is 0 Å². The first kappa shape index (κ1) is 19.8. The number of nitro groups is 1. The van der Waals surface area contributed by atoms with Gasteiger partial charge in [-0.25, -0.2) is 4.98 Å². The topological polar surface area (TPSA) is 123 Å². The molecule has 3 aromatic rings. The highest BCUT2D eigenvalue weighted by Crippen LogP contribution is 2.29. The van der Waals surface area contributed by atoms with Crippen molar-refractivity contribution in [3.05, 3.63) is 57.1 Å². The van der Waals surface area contributed by atoms with Crippen molar-refractivity contribution in [1.29, 1.82) is 0 Å². The molecule has 9 nitrogen and oxygen atoms in total. The lowest BCUT2D eigenvalue weighted by molar-refractivity contribution is -0.384. The summed E-state index contributed by atoms with van der Waals surface area (Å²) >= 11 is 4.57. The molecule has 3 rings (SSSR count). The number of methoxy groups -OCH3 is 1. The minimum atomic E-state index is -0.532. The third kappa shape index (κ3) is 4.87. The van der Waals surface area contributed by atoms with Crippen LogP contribution in [-0.4, -0.2) is 38.9 Å². The molecule has 0 unspecified atom stereocenters. The average Bonchev–Trinajstić information content (AvgIpc) is 3.15. The lowest BCUT2D eigenvalue weighted by atomic mass is 10.2. The first-order valence-corrected chi connectivity index (χ1v) is 9.67. The maximum atomic E-state index is 12.2. The van der Waals surface area contributed by atoms with Gasteiger partial charge in [-0.2, -0.15) is 0 Å². The van der Waals surface area contributed by atoms with Gasteiger partial charge in [0, 0.05) is 16.1 Å². The quantitative estimate of drug-likeness (QED) is 0.309. The molecule has 0 saturated heterocycles. The molecule has 0 fully saturated rings. The van der Waals surface area contributed by atoms with Crippen LogP contribution in [0, 0.1) is 10.1 Å². The fraction of sp³-hybridized carbons (Fsp3) is 0.118. The summed E-state index contributed by atoms with van der Waals surface area (Å²) in [5.74, 6) is 0.560. The Hall–Kier alpha value is -2.92. The fourth-order valence-electron chi connectivity index (χ4n) is 2.29. The van der Waals surface area contributed by atoms with E-state index in [9.17, 15) is 14.9 Å². The zero-order valence-corrected chi connectivity index (χ0v) is 16.9. The summed E-state index contributed by atoms with van der Waals surface area (Å²) in [6.07, 6.45) is 0. The van der Waals surface area contributed by atoms with Gasteiger partial charge >= 0.3 is 0 Å². The Kier molecular flexibility index (Phi) is 6.26. The molecule has 144 valence electrons. The number of hydrogen-bond donors (Lipinski definition) is 2. The minimum Gasteiger partial charge on any atom is -0.494 e. The predicted octanol–water partition coefficient (Wildman–Crippen LogP) is 3.88. The van der Waals surface area contributed by atoms with E-state index < -0.39 is 4.92 Å². The first-order chi connectivity index (χ1) is 13.5. The number of nitrogens with zero attached hydrogens (tertiary/aromatic N) is 3. The van der Waals surface area contributed by atoms with Gasteiger partial charge in [-0.1, -0.05) is 39.8 Å². The van der Waals surface area contributed by atoms with Crippen LogP contribution in [-0.2, 0) is 4.79 Å². The number of anilines is 1. The molecule has 1 aromatic heterocycles. The van der Waals surface area contributed by atoms with Gasteiger partial charge in [-0.15, -0.1) is 5.10 Å². The van der Waals surface area contributed by atoms with Crippen molar-refractivity contribution in [2.75, 3.05) is 18.2 Å². The lowest BCUT2D eigenvalue weighted by Crippen LogP contribution is -2.14. The summed E-state index contributed by atoms with van der Waals surface area (Å²) in [4.78, 5) is 26.9. The summed E-state index contributed by atoms with van der Waals surface area (Å²) in [5.41, 5.74) is 1.10. The molecule has 1 amide bonds. The van der Waals surface area contributed by atoms with Crippen LogP contribution >= 0.6 is 27.7 Å². The molecule has 0 bridgehead atoms. The van der Waals surface area contributed by atoms with Gasteiger partial charge < -0.3 is 10.1 Å². The van der Waals surface area contributed by atoms with E-state index in [1.54, 1.807) is 0 Å². The molecule has 0 aliphatic rings. The van der Waals surface area contributed by atoms with Crippen LogP contribution in [0.25, 0.3) is 11.4 Å². The van der Waals surface area contributed by atoms with E-state index in [2.05, 4.69) is 36.4 Å². The number of ether oxygens (including phenoxy) is 1. The molecule has 0 aliphatic heterocycles. The molecule has 0 atom stereocenters. The van der Waals surface area contributed by atoms with E-state index in [-0.39, 0.29) is 23.1 Å². The van der Waals surface area contributed by atoms with E-state index in [1.165, 1.54) is 25.3 Å². The average molecular weight is 464 g/mol. The SMILES string of the molecule is COc1cc([N+](=O)[O-])ccc1NC(=O)CSc1n[nH]c(-c2cccc(Br)c2)n1. The summed E-state index contributed by atoms with van der Waals surface area (Å²) < 4.78 is 6.03. The van der Waals surface area contributed by atoms with Crippen LogP contribution < -0.4 is 10.1 Å². The van der Waals surface area contributed by atoms with E-state index in [4.69, 9.17) is 4.74 Å². The maximum absolute atomic E-state index is 12.2. The number of nitrogens with one attached hydrogen (secondary N) is 2. The summed E-state index contributed by atoms with van der Waals surface area (Å²) in [6.45, 7) is 0. The number of carbonyl (C=O) groups is 1. The number of rotatable bonds is 7. The highest BCUT2D eigenvalue weighted by Gasteiger charge is 2.14. The second-order valence-electron chi connectivity index (χ2n) is 5.46. The number of amides is 1. The maximum Gasteiger partial charge on any atom is 0.273 e. The molecule has 0 spiro atoms. The summed E-state index contributed by atoms with van der Waals surface area (Å²) in [6, 6.07) is 11.6. The van der Waals surface area contributed by atoms with Crippen LogP contribution in [0.1, 0.15) is 0 Å². The number of aromatic amines is 1. The predicted molar refractivity (Wildman–Crippen MR) is 109 cm³/mol. The van der Waals surface area contributed by atoms with Crippen LogP contribution in [0.5, 0.6) is 5.75 Å². The van der Waals surface area contributed by atoms with Gasteiger partial charge in [-0.3, -0.25) is 20.0 Å². The van der Waals surface area contributed by atoms with Crippen LogP contribution in [0.3, 0.4) is 0 Å². The lowest BCUT2D eigenvalue weighted by Gasteiger charge is -2.09. The van der Waals surface area contributed by atoms with Gasteiger partial charge in [0.1, 0.15) is 5.75 Å². The fourth-order valence-corrected chi connectivity index (χ4v) is 3.29. The zero-order valence-electron chi connectivity index (χ0n) is 14.5. The number of non-ortho nitro benzene ring substituents is 1. The zero-order chi connectivity index (χ0) is 20.1. The number of thioether (sulfide) groups is 1. The number of H-pyrrole nitrogens is 1. The van der Waals surface area contributed by atoms with Crippen molar-refractivity contribution < 1.29 is 14.5 Å². The number of benzene rings is 2. The minimum absolute atomic E-state index is 0.0654. The molecular formula is C17H14BrN5O4S. The van der Waals surface area contributed by atoms with Crippen molar-refractivity contribution in [3.8, 4) is 17.1 Å². The second kappa shape index (κ2) is 8.85. The Balaban J connectivity index is 1.61. The van der Waals surface area contributed by atoms with E-state index in [1.807, 2.05) is 24.3 Å². The molecule has 0 aliphatic carbocycles. The van der Waals surface area contributed by atoms with Crippen molar-refractivity contribution in [2.24, 2.45) is 0 Å². The Morgan fingerprint density at radius 1 is 1.36 bits per heavy atom. The standard InChI is InChI=1S/C17H14BrN5O4S/c1-27-14-8-12(23(25)26)5-6-13(14)19-15(24)9-28-17-20-16(21-22-17)10-3-2-4-11(18)7-10/h2-8H,9H2,1H3,(H,19,24)(H,20,21,22). The Morgan fingerprint density at radius 3 is 2.89 bits per heavy atom. The van der Waals surface area contributed by atoms with E-state index in [0.717, 1.165) is 21.8 Å². The summed E-state index contributed by atoms with van der Waals surface area (Å²) in [7, 11) is 1.38. The highest BCUT2D eigenvalue weighted by molar-refractivity contribution is 9.10. The Labute approximate surface area is 172 Å². The smallest absolute Gasteiger partial charge is 0.273 e. The van der Waals surface area contributed by atoms with Gasteiger partial charge in [-0.05, 0) is 18.2 Å². The highest BCUT2D eigenvalue weighted by atomic mass is 79.9. The Morgan fingerprint density at radius 2 is 2.18 bits per heavy atom. The number of nitro benzene ring substituents is 1. The van der Waals surface area contributed by atoms with Crippen molar-refractivity contribution in [1.82, 2.24) is 15.2 Å². The van der Waals surface area contributed by atoms with Gasteiger partial charge in [0.05, 0.1) is 29.5 Å². The normalized spacial score (nSPS) is 10.5. The van der Waals surface area contributed by atoms with Crippen LogP contribution in [0.15, 0.2) is 52.1 Å². The van der Waals surface area contributed by atoms with Crippen molar-refractivity contribution in [3.63, 3.8) is 0 Å². The molecule has 2 N–H and O–H groups in total. The summed E-state index contributed by atoms with van der Waals surface area (Å²) in [5, 5.41) is 20.9. The van der Waals surface area contributed by atoms with E-state index >= 15 is 0 Å². The van der Waals surface area contributed by atoms with Gasteiger partial charge in [0.25, 0.3) is 5.69 Å². The number of carbonyl (C=O) groups excluding carboxylic acids is 1. The molecule has 1 heterocycles. The number of hydrogen-bond acceptors (Lipinski definition) is 7. The molecule has 28 heavy (non-hydrogen) atoms. The molecular weight excluding hydrogens is 450 g/mol. The van der Waals surface area contributed by atoms with Gasteiger partial charge in [0.2, 0.25) is 11.1 Å². The van der Waals surface area contributed by atoms with Crippen molar-refractivity contribution in [2.45, 2.75) is 5.16 Å². The third-order valence-electron chi connectivity index (χ3n) is 3.57. The largest absolute Gasteiger partial charge is 0.494 e. The first-order valence-electron chi connectivity index (χ1n) is 7.89. The third-order valence-corrected chi connectivity index (χ3v) is 4.91. The number of aromatic nitrogens is 3.